The molecule has 2 fully saturated rings. The van der Waals surface area contributed by atoms with Gasteiger partial charge in [0.25, 0.3) is 0 Å². The lowest BCUT2D eigenvalue weighted by atomic mass is 9.73. The van der Waals surface area contributed by atoms with Crippen LogP contribution in [0.1, 0.15) is 26.2 Å². The number of carbonyl (C=O) groups is 2. The fraction of sp³-hybridized carbons (Fsp3) is 0.800. The van der Waals surface area contributed by atoms with Gasteiger partial charge < -0.3 is 9.64 Å². The molecule has 1 aliphatic heterocycles. The van der Waals surface area contributed by atoms with Crippen molar-refractivity contribution in [2.24, 2.45) is 0 Å². The Balaban J connectivity index is 2.13. The first kappa shape index (κ1) is 9.65. The number of methoxy groups -OCH3 is 1. The van der Waals surface area contributed by atoms with Gasteiger partial charge in [0.15, 0.2) is 5.78 Å². The molecule has 1 saturated heterocycles. The molecule has 4 nitrogen and oxygen atoms in total. The van der Waals surface area contributed by atoms with Gasteiger partial charge in [-0.2, -0.15) is 0 Å². The predicted octanol–water partition coefficient (Wildman–Crippen LogP) is 0.355. The van der Waals surface area contributed by atoms with Crippen LogP contribution in [0.5, 0.6) is 0 Å². The summed E-state index contributed by atoms with van der Waals surface area (Å²) in [5, 5.41) is 0. The van der Waals surface area contributed by atoms with Crippen molar-refractivity contribution in [3.63, 3.8) is 0 Å². The van der Waals surface area contributed by atoms with E-state index in [1.165, 1.54) is 7.11 Å². The molecule has 0 spiro atoms. The van der Waals surface area contributed by atoms with E-state index in [0.29, 0.717) is 12.8 Å². The highest BCUT2D eigenvalue weighted by Gasteiger charge is 2.55. The van der Waals surface area contributed by atoms with Gasteiger partial charge in [0.2, 0.25) is 5.91 Å². The molecule has 0 radical (unpaired) electrons. The van der Waals surface area contributed by atoms with Crippen LogP contribution in [0.3, 0.4) is 0 Å². The first-order valence-corrected chi connectivity index (χ1v) is 4.97. The van der Waals surface area contributed by atoms with Crippen LogP contribution in [0.25, 0.3) is 0 Å². The second-order valence-corrected chi connectivity index (χ2v) is 4.14. The Labute approximate surface area is 83.2 Å². The summed E-state index contributed by atoms with van der Waals surface area (Å²) < 4.78 is 5.22. The minimum atomic E-state index is -0.750. The minimum absolute atomic E-state index is 0.0324. The highest BCUT2D eigenvalue weighted by Crippen LogP contribution is 2.37. The van der Waals surface area contributed by atoms with E-state index in [9.17, 15) is 9.59 Å². The third-order valence-corrected chi connectivity index (χ3v) is 3.48. The number of nitrogens with zero attached hydrogens (tertiary/aromatic N) is 1. The van der Waals surface area contributed by atoms with Crippen LogP contribution in [0, 0.1) is 0 Å². The van der Waals surface area contributed by atoms with E-state index in [0.717, 1.165) is 13.0 Å². The number of hydrogen-bond acceptors (Lipinski definition) is 3. The molecule has 14 heavy (non-hydrogen) atoms. The van der Waals surface area contributed by atoms with E-state index in [-0.39, 0.29) is 17.7 Å². The molecule has 0 aromatic rings. The quantitative estimate of drug-likeness (QED) is 0.642. The number of likely N-dealkylation sites (tertiary alicyclic amines) is 1. The number of ketones is 1. The molecule has 0 aromatic carbocycles. The maximum atomic E-state index is 11.5. The molecule has 0 bridgehead atoms. The third-order valence-electron chi connectivity index (χ3n) is 3.48. The van der Waals surface area contributed by atoms with Gasteiger partial charge in [-0.3, -0.25) is 9.59 Å². The lowest BCUT2D eigenvalue weighted by Gasteiger charge is -2.48. The Hall–Kier alpha value is -0.900. The third kappa shape index (κ3) is 1.10. The summed E-state index contributed by atoms with van der Waals surface area (Å²) >= 11 is 0. The van der Waals surface area contributed by atoms with E-state index in [2.05, 4.69) is 0 Å². The monoisotopic (exact) mass is 197 g/mol. The van der Waals surface area contributed by atoms with Gasteiger partial charge in [-0.15, -0.1) is 0 Å². The Bertz CT molecular complexity index is 289. The van der Waals surface area contributed by atoms with Gasteiger partial charge in [0.05, 0.1) is 6.04 Å². The minimum Gasteiger partial charge on any atom is -0.369 e. The summed E-state index contributed by atoms with van der Waals surface area (Å²) in [6.45, 7) is 2.55. The van der Waals surface area contributed by atoms with Crippen molar-refractivity contribution < 1.29 is 14.3 Å². The maximum absolute atomic E-state index is 11.5. The fourth-order valence-corrected chi connectivity index (χ4v) is 2.28. The Kier molecular flexibility index (Phi) is 2.10. The first-order chi connectivity index (χ1) is 6.59. The van der Waals surface area contributed by atoms with Crippen molar-refractivity contribution in [2.75, 3.05) is 13.7 Å². The average molecular weight is 197 g/mol. The summed E-state index contributed by atoms with van der Waals surface area (Å²) in [5.41, 5.74) is -0.750. The number of amides is 1. The Morgan fingerprint density at radius 3 is 2.64 bits per heavy atom. The summed E-state index contributed by atoms with van der Waals surface area (Å²) in [5.74, 6) is 0.260. The van der Waals surface area contributed by atoms with Gasteiger partial charge in [-0.25, -0.2) is 0 Å². The van der Waals surface area contributed by atoms with Gasteiger partial charge >= 0.3 is 0 Å². The predicted molar refractivity (Wildman–Crippen MR) is 49.8 cm³/mol. The van der Waals surface area contributed by atoms with Crippen molar-refractivity contribution in [1.82, 2.24) is 4.90 Å². The fourth-order valence-electron chi connectivity index (χ4n) is 2.28. The molecule has 0 unspecified atom stereocenters. The summed E-state index contributed by atoms with van der Waals surface area (Å²) in [6.07, 6.45) is 1.98. The number of Topliss-reactive ketones (excluding diaryl/α,β-unsaturated/α-hetero) is 1. The standard InChI is InChI=1S/C10H15NO3/c1-10(14-2)7(6-8(10)12)11-5-3-4-9(11)13/h7H,3-6H2,1-2H3/t7-,10+/m0/s1. The normalized spacial score (nSPS) is 37.6. The molecule has 1 amide bonds. The molecule has 2 aliphatic rings. The summed E-state index contributed by atoms with van der Waals surface area (Å²) in [6, 6.07) is -0.0324. The molecule has 2 rings (SSSR count). The molecule has 1 aliphatic carbocycles. The van der Waals surface area contributed by atoms with Gasteiger partial charge in [0.1, 0.15) is 5.60 Å². The molecule has 4 heteroatoms. The second-order valence-electron chi connectivity index (χ2n) is 4.14. The van der Waals surface area contributed by atoms with Crippen LogP contribution in [0.4, 0.5) is 0 Å². The zero-order valence-corrected chi connectivity index (χ0v) is 8.58. The number of rotatable bonds is 2. The molecular weight excluding hydrogens is 182 g/mol. The van der Waals surface area contributed by atoms with Crippen molar-refractivity contribution in [3.05, 3.63) is 0 Å². The first-order valence-electron chi connectivity index (χ1n) is 4.97. The van der Waals surface area contributed by atoms with Crippen molar-refractivity contribution in [3.8, 4) is 0 Å². The van der Waals surface area contributed by atoms with E-state index in [1.54, 1.807) is 11.8 Å². The van der Waals surface area contributed by atoms with Crippen molar-refractivity contribution in [2.45, 2.75) is 37.8 Å². The topological polar surface area (TPSA) is 46.6 Å². The summed E-state index contributed by atoms with van der Waals surface area (Å²) in [4.78, 5) is 24.7. The lowest BCUT2D eigenvalue weighted by molar-refractivity contribution is -0.171. The van der Waals surface area contributed by atoms with E-state index in [4.69, 9.17) is 4.74 Å². The number of ether oxygens (including phenoxy) is 1. The van der Waals surface area contributed by atoms with Gasteiger partial charge in [-0.05, 0) is 13.3 Å². The van der Waals surface area contributed by atoms with Gasteiger partial charge in [-0.1, -0.05) is 0 Å². The summed E-state index contributed by atoms with van der Waals surface area (Å²) in [7, 11) is 1.53. The smallest absolute Gasteiger partial charge is 0.223 e. The highest BCUT2D eigenvalue weighted by molar-refractivity contribution is 5.96. The Morgan fingerprint density at radius 1 is 1.50 bits per heavy atom. The molecule has 1 saturated carbocycles. The maximum Gasteiger partial charge on any atom is 0.223 e. The zero-order chi connectivity index (χ0) is 10.3. The van der Waals surface area contributed by atoms with Crippen LogP contribution in [-0.2, 0) is 14.3 Å². The van der Waals surface area contributed by atoms with Crippen LogP contribution < -0.4 is 0 Å². The molecule has 1 heterocycles. The number of carbonyl (C=O) groups excluding carboxylic acids is 2. The molecule has 0 aromatic heterocycles. The van der Waals surface area contributed by atoms with Crippen LogP contribution in [-0.4, -0.2) is 41.9 Å². The molecular formula is C10H15NO3. The van der Waals surface area contributed by atoms with E-state index < -0.39 is 5.60 Å². The molecule has 78 valence electrons. The SMILES string of the molecule is CO[C@@]1(C)C(=O)C[C@@H]1N1CCCC1=O. The second kappa shape index (κ2) is 3.05. The molecule has 0 N–H and O–H groups in total. The lowest BCUT2D eigenvalue weighted by Crippen LogP contribution is -2.66. The molecule has 2 atom stereocenters. The van der Waals surface area contributed by atoms with Gasteiger partial charge in [0, 0.05) is 26.5 Å². The highest BCUT2D eigenvalue weighted by atomic mass is 16.5. The zero-order valence-electron chi connectivity index (χ0n) is 8.58. The van der Waals surface area contributed by atoms with Crippen LogP contribution in [0.15, 0.2) is 0 Å². The number of hydrogen-bond donors (Lipinski definition) is 0. The van der Waals surface area contributed by atoms with Crippen LogP contribution in [0.2, 0.25) is 0 Å². The average Bonchev–Trinajstić information content (AvgIpc) is 2.59. The van der Waals surface area contributed by atoms with E-state index in [1.807, 2.05) is 0 Å². The van der Waals surface area contributed by atoms with E-state index >= 15 is 0 Å². The van der Waals surface area contributed by atoms with Crippen molar-refractivity contribution >= 4 is 11.7 Å². The largest absolute Gasteiger partial charge is 0.369 e. The Morgan fingerprint density at radius 2 is 2.21 bits per heavy atom. The van der Waals surface area contributed by atoms with Crippen molar-refractivity contribution in [1.29, 1.82) is 0 Å². The van der Waals surface area contributed by atoms with Crippen LogP contribution >= 0.6 is 0 Å².